The normalized spacial score (nSPS) is 23.8. The van der Waals surface area contributed by atoms with E-state index in [9.17, 15) is 4.79 Å². The number of carbonyl (C=O) groups is 1. The molecule has 6 nitrogen and oxygen atoms in total. The summed E-state index contributed by atoms with van der Waals surface area (Å²) >= 11 is 0. The van der Waals surface area contributed by atoms with Gasteiger partial charge in [0.15, 0.2) is 0 Å². The van der Waals surface area contributed by atoms with Crippen molar-refractivity contribution < 1.29 is 9.53 Å². The summed E-state index contributed by atoms with van der Waals surface area (Å²) < 4.78 is 7.31. The Labute approximate surface area is 148 Å². The predicted molar refractivity (Wildman–Crippen MR) is 94.7 cm³/mol. The maximum atomic E-state index is 12.6. The number of benzene rings is 1. The lowest BCUT2D eigenvalue weighted by atomic mass is 10.1. The number of methoxy groups -OCH3 is 1. The molecule has 2 aromatic rings. The fourth-order valence-corrected chi connectivity index (χ4v) is 3.95. The minimum absolute atomic E-state index is 0.0876. The van der Waals surface area contributed by atoms with Crippen LogP contribution in [0.2, 0.25) is 0 Å². The van der Waals surface area contributed by atoms with E-state index in [1.807, 2.05) is 43.6 Å². The van der Waals surface area contributed by atoms with Crippen molar-refractivity contribution in [2.45, 2.75) is 38.4 Å². The first-order valence-electron chi connectivity index (χ1n) is 8.88. The van der Waals surface area contributed by atoms with Crippen molar-refractivity contribution >= 4 is 5.91 Å². The van der Waals surface area contributed by atoms with Crippen LogP contribution >= 0.6 is 0 Å². The summed E-state index contributed by atoms with van der Waals surface area (Å²) in [6.07, 6.45) is 6.02. The maximum Gasteiger partial charge on any atom is 0.239 e. The van der Waals surface area contributed by atoms with Gasteiger partial charge >= 0.3 is 0 Å². The van der Waals surface area contributed by atoms with Gasteiger partial charge in [-0.3, -0.25) is 9.69 Å². The number of hydrogen-bond acceptors (Lipinski definition) is 4. The van der Waals surface area contributed by atoms with Crippen molar-refractivity contribution in [3.05, 3.63) is 42.5 Å². The third-order valence-electron chi connectivity index (χ3n) is 5.42. The summed E-state index contributed by atoms with van der Waals surface area (Å²) in [6, 6.07) is 8.22. The number of carbonyl (C=O) groups excluding carboxylic acids is 1. The number of imidazole rings is 1. The van der Waals surface area contributed by atoms with E-state index in [4.69, 9.17) is 4.74 Å². The van der Waals surface area contributed by atoms with E-state index in [0.29, 0.717) is 12.6 Å². The van der Waals surface area contributed by atoms with Gasteiger partial charge in [-0.15, -0.1) is 0 Å². The van der Waals surface area contributed by atoms with Crippen molar-refractivity contribution in [3.63, 3.8) is 0 Å². The largest absolute Gasteiger partial charge is 0.497 e. The summed E-state index contributed by atoms with van der Waals surface area (Å²) in [4.78, 5) is 21.5. The summed E-state index contributed by atoms with van der Waals surface area (Å²) in [7, 11) is 1.67. The average Bonchev–Trinajstić information content (AvgIpc) is 3.29. The Morgan fingerprint density at radius 1 is 1.28 bits per heavy atom. The van der Waals surface area contributed by atoms with Gasteiger partial charge in [0.2, 0.25) is 5.91 Å². The van der Waals surface area contributed by atoms with Crippen LogP contribution in [0.25, 0.3) is 5.69 Å². The fraction of sp³-hybridized carbons (Fsp3) is 0.474. The molecule has 132 valence electrons. The van der Waals surface area contributed by atoms with E-state index < -0.39 is 0 Å². The van der Waals surface area contributed by atoms with Gasteiger partial charge in [-0.25, -0.2) is 4.98 Å². The minimum atomic E-state index is -0.0876. The molecule has 0 N–H and O–H groups in total. The molecule has 1 aromatic carbocycles. The van der Waals surface area contributed by atoms with E-state index in [1.54, 1.807) is 7.11 Å². The van der Waals surface area contributed by atoms with Crippen molar-refractivity contribution in [3.8, 4) is 11.4 Å². The van der Waals surface area contributed by atoms with Crippen LogP contribution < -0.4 is 4.74 Å². The number of aromatic nitrogens is 2. The molecule has 0 aliphatic carbocycles. The zero-order valence-electron chi connectivity index (χ0n) is 14.8. The van der Waals surface area contributed by atoms with Gasteiger partial charge in [0.25, 0.3) is 0 Å². The smallest absolute Gasteiger partial charge is 0.239 e. The number of piperazine rings is 1. The molecule has 0 radical (unpaired) electrons. The second-order valence-electron chi connectivity index (χ2n) is 6.84. The molecule has 1 amide bonds. The van der Waals surface area contributed by atoms with Crippen LogP contribution in [0, 0.1) is 0 Å². The molecule has 2 fully saturated rings. The first kappa shape index (κ1) is 16.1. The molecule has 0 bridgehead atoms. The van der Waals surface area contributed by atoms with Gasteiger partial charge in [-0.05, 0) is 44.0 Å². The first-order chi connectivity index (χ1) is 12.2. The molecule has 1 aromatic heterocycles. The topological polar surface area (TPSA) is 50.6 Å². The van der Waals surface area contributed by atoms with Crippen molar-refractivity contribution in [1.82, 2.24) is 19.4 Å². The van der Waals surface area contributed by atoms with Crippen LogP contribution in [0.4, 0.5) is 0 Å². The number of amides is 1. The Hall–Kier alpha value is -2.34. The highest BCUT2D eigenvalue weighted by molar-refractivity contribution is 5.83. The Morgan fingerprint density at radius 3 is 2.84 bits per heavy atom. The highest BCUT2D eigenvalue weighted by Gasteiger charge is 2.40. The third kappa shape index (κ3) is 2.91. The molecule has 3 heterocycles. The molecule has 0 unspecified atom stereocenters. The first-order valence-corrected chi connectivity index (χ1v) is 8.88. The third-order valence-corrected chi connectivity index (χ3v) is 5.42. The number of nitrogens with zero attached hydrogens (tertiary/aromatic N) is 4. The Bertz CT molecular complexity index is 755. The van der Waals surface area contributed by atoms with Crippen LogP contribution in [0.5, 0.6) is 5.75 Å². The van der Waals surface area contributed by atoms with Gasteiger partial charge in [0, 0.05) is 37.2 Å². The van der Waals surface area contributed by atoms with Gasteiger partial charge in [-0.2, -0.15) is 0 Å². The molecular weight excluding hydrogens is 316 g/mol. The molecule has 2 aliphatic heterocycles. The van der Waals surface area contributed by atoms with Crippen LogP contribution in [0.15, 0.2) is 36.7 Å². The summed E-state index contributed by atoms with van der Waals surface area (Å²) in [5.41, 5.74) is 1.05. The van der Waals surface area contributed by atoms with E-state index in [2.05, 4.69) is 19.4 Å². The van der Waals surface area contributed by atoms with Crippen LogP contribution in [-0.2, 0) is 11.3 Å². The second kappa shape index (κ2) is 6.52. The molecule has 2 aliphatic rings. The van der Waals surface area contributed by atoms with Crippen LogP contribution in [-0.4, -0.2) is 57.5 Å². The van der Waals surface area contributed by atoms with Gasteiger partial charge in [-0.1, -0.05) is 0 Å². The summed E-state index contributed by atoms with van der Waals surface area (Å²) in [6.45, 7) is 4.54. The Morgan fingerprint density at radius 2 is 2.08 bits per heavy atom. The van der Waals surface area contributed by atoms with Gasteiger partial charge in [0.05, 0.1) is 19.7 Å². The standard InChI is InChI=1S/C19H24N4O2/c1-14-19(24)23-10-3-4-16(23)12-21(14)13-18-20-9-11-22(18)15-5-7-17(25-2)8-6-15/h5-9,11,14,16H,3-4,10,12-13H2,1-2H3/t14-,16-/m1/s1. The zero-order chi connectivity index (χ0) is 17.4. The number of hydrogen-bond donors (Lipinski definition) is 0. The Kier molecular flexibility index (Phi) is 4.21. The lowest BCUT2D eigenvalue weighted by molar-refractivity contribution is -0.143. The Balaban J connectivity index is 1.55. The lowest BCUT2D eigenvalue weighted by Gasteiger charge is -2.41. The molecular formula is C19H24N4O2. The van der Waals surface area contributed by atoms with Crippen LogP contribution in [0.1, 0.15) is 25.6 Å². The molecule has 4 rings (SSSR count). The van der Waals surface area contributed by atoms with Gasteiger partial charge in [0.1, 0.15) is 11.6 Å². The average molecular weight is 340 g/mol. The fourth-order valence-electron chi connectivity index (χ4n) is 3.95. The highest BCUT2D eigenvalue weighted by Crippen LogP contribution is 2.27. The molecule has 0 saturated carbocycles. The lowest BCUT2D eigenvalue weighted by Crippen LogP contribution is -2.58. The summed E-state index contributed by atoms with van der Waals surface area (Å²) in [5.74, 6) is 2.05. The van der Waals surface area contributed by atoms with Crippen LogP contribution in [0.3, 0.4) is 0 Å². The number of rotatable bonds is 4. The number of ether oxygens (including phenoxy) is 1. The highest BCUT2D eigenvalue weighted by atomic mass is 16.5. The van der Waals surface area contributed by atoms with Gasteiger partial charge < -0.3 is 14.2 Å². The molecule has 2 atom stereocenters. The van der Waals surface area contributed by atoms with Crippen molar-refractivity contribution in [2.75, 3.05) is 20.2 Å². The molecule has 25 heavy (non-hydrogen) atoms. The molecule has 2 saturated heterocycles. The maximum absolute atomic E-state index is 12.6. The van der Waals surface area contributed by atoms with E-state index in [0.717, 1.165) is 43.2 Å². The summed E-state index contributed by atoms with van der Waals surface area (Å²) in [5, 5.41) is 0. The van der Waals surface area contributed by atoms with Crippen molar-refractivity contribution in [2.24, 2.45) is 0 Å². The van der Waals surface area contributed by atoms with Crippen molar-refractivity contribution in [1.29, 1.82) is 0 Å². The molecule has 6 heteroatoms. The quantitative estimate of drug-likeness (QED) is 0.855. The molecule has 0 spiro atoms. The van der Waals surface area contributed by atoms with E-state index in [-0.39, 0.29) is 11.9 Å². The number of fused-ring (bicyclic) bond motifs is 1. The predicted octanol–water partition coefficient (Wildman–Crippen LogP) is 2.08. The second-order valence-corrected chi connectivity index (χ2v) is 6.84. The minimum Gasteiger partial charge on any atom is -0.497 e. The van der Waals surface area contributed by atoms with E-state index in [1.165, 1.54) is 0 Å². The SMILES string of the molecule is COc1ccc(-n2ccnc2CN2C[C@H]3CCCN3C(=O)[C@H]2C)cc1. The van der Waals surface area contributed by atoms with E-state index >= 15 is 0 Å². The monoisotopic (exact) mass is 340 g/mol. The zero-order valence-corrected chi connectivity index (χ0v) is 14.8.